The highest BCUT2D eigenvalue weighted by Crippen LogP contribution is 2.16. The fourth-order valence-corrected chi connectivity index (χ4v) is 1.99. The first-order valence-electron chi connectivity index (χ1n) is 7.66. The highest BCUT2D eigenvalue weighted by atomic mass is 16.6. The second kappa shape index (κ2) is 7.47. The van der Waals surface area contributed by atoms with E-state index in [9.17, 15) is 14.4 Å². The minimum absolute atomic E-state index is 0.143. The van der Waals surface area contributed by atoms with Crippen LogP contribution in [0.25, 0.3) is 0 Å². The van der Waals surface area contributed by atoms with E-state index in [2.05, 4.69) is 10.1 Å². The third kappa shape index (κ3) is 6.02. The van der Waals surface area contributed by atoms with Crippen molar-refractivity contribution in [1.29, 1.82) is 0 Å². The number of hydrogen-bond donors (Lipinski definition) is 1. The number of nitrogens with one attached hydrogen (secondary N) is 1. The standard InChI is InChI=1S/C18H25NO5/c1-17(2,3)24-16(22)19-18(4,5)15(21)13-9-7-12(8-10-13)11-14(20)23-6/h7-10H,11H2,1-6H3,(H,19,22). The predicted molar refractivity (Wildman–Crippen MR) is 89.9 cm³/mol. The lowest BCUT2D eigenvalue weighted by Gasteiger charge is -2.27. The lowest BCUT2D eigenvalue weighted by molar-refractivity contribution is -0.139. The number of ether oxygens (including phenoxy) is 2. The van der Waals surface area contributed by atoms with Crippen LogP contribution in [0.2, 0.25) is 0 Å². The maximum atomic E-state index is 12.6. The molecule has 24 heavy (non-hydrogen) atoms. The summed E-state index contributed by atoms with van der Waals surface area (Å²) < 4.78 is 9.78. The largest absolute Gasteiger partial charge is 0.469 e. The molecule has 0 aromatic heterocycles. The van der Waals surface area contributed by atoms with Crippen molar-refractivity contribution in [2.24, 2.45) is 0 Å². The Balaban J connectivity index is 2.80. The van der Waals surface area contributed by atoms with Gasteiger partial charge in [0.1, 0.15) is 11.1 Å². The molecule has 132 valence electrons. The summed E-state index contributed by atoms with van der Waals surface area (Å²) in [6.45, 7) is 8.48. The van der Waals surface area contributed by atoms with Crippen LogP contribution < -0.4 is 5.32 Å². The molecule has 0 saturated heterocycles. The number of Topliss-reactive ketones (excluding diaryl/α,β-unsaturated/α-hetero) is 1. The van der Waals surface area contributed by atoms with E-state index < -0.39 is 17.2 Å². The smallest absolute Gasteiger partial charge is 0.408 e. The molecule has 0 aliphatic heterocycles. The molecule has 1 aromatic rings. The average Bonchev–Trinajstić information content (AvgIpc) is 2.44. The van der Waals surface area contributed by atoms with Gasteiger partial charge in [-0.05, 0) is 40.2 Å². The van der Waals surface area contributed by atoms with Gasteiger partial charge >= 0.3 is 12.1 Å². The Bertz CT molecular complexity index is 611. The lowest BCUT2D eigenvalue weighted by atomic mass is 9.92. The number of carbonyl (C=O) groups excluding carboxylic acids is 3. The topological polar surface area (TPSA) is 81.7 Å². The van der Waals surface area contributed by atoms with Crippen LogP contribution in [0.1, 0.15) is 50.5 Å². The van der Waals surface area contributed by atoms with Crippen molar-refractivity contribution in [2.45, 2.75) is 52.2 Å². The number of hydrogen-bond acceptors (Lipinski definition) is 5. The molecule has 1 rings (SSSR count). The van der Waals surface area contributed by atoms with E-state index in [0.29, 0.717) is 5.56 Å². The first kappa shape index (κ1) is 19.7. The molecule has 0 radical (unpaired) electrons. The van der Waals surface area contributed by atoms with Crippen LogP contribution in [0.5, 0.6) is 0 Å². The fraction of sp³-hybridized carbons (Fsp3) is 0.500. The van der Waals surface area contributed by atoms with Crippen LogP contribution in [-0.4, -0.2) is 36.1 Å². The number of amides is 1. The Morgan fingerprint density at radius 1 is 1.00 bits per heavy atom. The van der Waals surface area contributed by atoms with E-state index in [1.165, 1.54) is 7.11 Å². The summed E-state index contributed by atoms with van der Waals surface area (Å²) in [5, 5.41) is 2.58. The maximum Gasteiger partial charge on any atom is 0.408 e. The molecule has 1 N–H and O–H groups in total. The van der Waals surface area contributed by atoms with Gasteiger partial charge in [0.2, 0.25) is 0 Å². The normalized spacial score (nSPS) is 11.6. The number of rotatable bonds is 5. The Morgan fingerprint density at radius 3 is 2.00 bits per heavy atom. The van der Waals surface area contributed by atoms with E-state index in [1.807, 2.05) is 0 Å². The molecule has 0 atom stereocenters. The van der Waals surface area contributed by atoms with Crippen molar-refractivity contribution in [3.05, 3.63) is 35.4 Å². The van der Waals surface area contributed by atoms with Gasteiger partial charge < -0.3 is 14.8 Å². The number of methoxy groups -OCH3 is 1. The molecule has 0 unspecified atom stereocenters. The molecule has 0 bridgehead atoms. The SMILES string of the molecule is COC(=O)Cc1ccc(C(=O)C(C)(C)NC(=O)OC(C)(C)C)cc1. The summed E-state index contributed by atoms with van der Waals surface area (Å²) in [7, 11) is 1.32. The van der Waals surface area contributed by atoms with Gasteiger partial charge in [-0.25, -0.2) is 4.79 Å². The highest BCUT2D eigenvalue weighted by molar-refractivity contribution is 6.04. The summed E-state index contributed by atoms with van der Waals surface area (Å²) in [5.74, 6) is -0.598. The summed E-state index contributed by atoms with van der Waals surface area (Å²) >= 11 is 0. The van der Waals surface area contributed by atoms with E-state index in [1.54, 1.807) is 58.9 Å². The van der Waals surface area contributed by atoms with Crippen molar-refractivity contribution in [2.75, 3.05) is 7.11 Å². The second-order valence-corrected chi connectivity index (χ2v) is 7.03. The number of ketones is 1. The molecule has 6 nitrogen and oxygen atoms in total. The van der Waals surface area contributed by atoms with Crippen LogP contribution in [0.4, 0.5) is 4.79 Å². The molecule has 0 spiro atoms. The second-order valence-electron chi connectivity index (χ2n) is 7.03. The van der Waals surface area contributed by atoms with Crippen LogP contribution >= 0.6 is 0 Å². The molecule has 0 aliphatic carbocycles. The van der Waals surface area contributed by atoms with E-state index in [-0.39, 0.29) is 18.2 Å². The minimum atomic E-state index is -1.12. The van der Waals surface area contributed by atoms with E-state index in [0.717, 1.165) is 5.56 Å². The average molecular weight is 335 g/mol. The lowest BCUT2D eigenvalue weighted by Crippen LogP contribution is -2.51. The molecule has 0 aliphatic rings. The number of benzene rings is 1. The highest BCUT2D eigenvalue weighted by Gasteiger charge is 2.32. The van der Waals surface area contributed by atoms with Crippen molar-refractivity contribution in [3.8, 4) is 0 Å². The summed E-state index contributed by atoms with van der Waals surface area (Å²) in [6, 6.07) is 6.62. The van der Waals surface area contributed by atoms with Gasteiger partial charge in [0.05, 0.1) is 13.5 Å². The molecular formula is C18H25NO5. The molecule has 0 fully saturated rings. The zero-order chi connectivity index (χ0) is 18.5. The molecular weight excluding hydrogens is 310 g/mol. The van der Waals surface area contributed by atoms with Gasteiger partial charge in [0.25, 0.3) is 0 Å². The molecule has 0 saturated carbocycles. The fourth-order valence-electron chi connectivity index (χ4n) is 1.99. The van der Waals surface area contributed by atoms with Crippen LogP contribution in [-0.2, 0) is 20.7 Å². The zero-order valence-corrected chi connectivity index (χ0v) is 15.1. The van der Waals surface area contributed by atoms with Crippen molar-refractivity contribution in [1.82, 2.24) is 5.32 Å². The van der Waals surface area contributed by atoms with Crippen LogP contribution in [0.3, 0.4) is 0 Å². The first-order chi connectivity index (χ1) is 10.9. The van der Waals surface area contributed by atoms with E-state index in [4.69, 9.17) is 4.74 Å². The van der Waals surface area contributed by atoms with Gasteiger partial charge in [-0.1, -0.05) is 24.3 Å². The first-order valence-corrected chi connectivity index (χ1v) is 7.66. The summed E-state index contributed by atoms with van der Waals surface area (Å²) in [4.78, 5) is 35.7. The molecule has 6 heteroatoms. The Labute approximate surface area is 142 Å². The predicted octanol–water partition coefficient (Wildman–Crippen LogP) is 2.89. The zero-order valence-electron chi connectivity index (χ0n) is 15.1. The van der Waals surface area contributed by atoms with Gasteiger partial charge in [0, 0.05) is 5.56 Å². The molecule has 1 amide bonds. The quantitative estimate of drug-likeness (QED) is 0.661. The van der Waals surface area contributed by atoms with Crippen molar-refractivity contribution in [3.63, 3.8) is 0 Å². The molecule has 1 aromatic carbocycles. The van der Waals surface area contributed by atoms with Gasteiger partial charge in [0.15, 0.2) is 5.78 Å². The van der Waals surface area contributed by atoms with Crippen LogP contribution in [0.15, 0.2) is 24.3 Å². The Kier molecular flexibility index (Phi) is 6.12. The number of alkyl carbamates (subject to hydrolysis) is 1. The monoisotopic (exact) mass is 335 g/mol. The summed E-state index contributed by atoms with van der Waals surface area (Å²) in [5.41, 5.74) is -0.578. The minimum Gasteiger partial charge on any atom is -0.469 e. The maximum absolute atomic E-state index is 12.6. The third-order valence-electron chi connectivity index (χ3n) is 3.17. The van der Waals surface area contributed by atoms with Crippen molar-refractivity contribution >= 4 is 17.8 Å². The van der Waals surface area contributed by atoms with E-state index >= 15 is 0 Å². The number of carbonyl (C=O) groups is 3. The third-order valence-corrected chi connectivity index (χ3v) is 3.17. The van der Waals surface area contributed by atoms with Crippen molar-refractivity contribution < 1.29 is 23.9 Å². The number of esters is 1. The van der Waals surface area contributed by atoms with Gasteiger partial charge in [-0.15, -0.1) is 0 Å². The molecule has 0 heterocycles. The van der Waals surface area contributed by atoms with Gasteiger partial charge in [-0.3, -0.25) is 9.59 Å². The van der Waals surface area contributed by atoms with Gasteiger partial charge in [-0.2, -0.15) is 0 Å². The Hall–Kier alpha value is -2.37. The van der Waals surface area contributed by atoms with Crippen LogP contribution in [0, 0.1) is 0 Å². The summed E-state index contributed by atoms with van der Waals surface area (Å²) in [6.07, 6.45) is -0.506. The Morgan fingerprint density at radius 2 is 1.54 bits per heavy atom.